The molecular formula is C10H22O2Si. The lowest BCUT2D eigenvalue weighted by molar-refractivity contribution is 0.196. The Kier molecular flexibility index (Phi) is 9.87. The minimum atomic E-state index is -1.36. The van der Waals surface area contributed by atoms with E-state index in [1.54, 1.807) is 0 Å². The van der Waals surface area contributed by atoms with Gasteiger partial charge in [-0.2, -0.15) is 0 Å². The molecule has 0 radical (unpaired) electrons. The van der Waals surface area contributed by atoms with Gasteiger partial charge in [-0.15, -0.1) is 6.58 Å². The van der Waals surface area contributed by atoms with Crippen LogP contribution in [0.5, 0.6) is 0 Å². The number of hydrogen-bond acceptors (Lipinski definition) is 2. The van der Waals surface area contributed by atoms with E-state index in [4.69, 9.17) is 8.85 Å². The molecular weight excluding hydrogens is 180 g/mol. The van der Waals surface area contributed by atoms with Crippen LogP contribution in [0.2, 0.25) is 6.04 Å². The van der Waals surface area contributed by atoms with Crippen molar-refractivity contribution in [1.82, 2.24) is 0 Å². The van der Waals surface area contributed by atoms with Crippen LogP contribution in [0.15, 0.2) is 12.7 Å². The van der Waals surface area contributed by atoms with Crippen molar-refractivity contribution in [1.29, 1.82) is 0 Å². The van der Waals surface area contributed by atoms with Gasteiger partial charge in [-0.3, -0.25) is 0 Å². The van der Waals surface area contributed by atoms with Crippen LogP contribution in [-0.4, -0.2) is 22.5 Å². The molecule has 0 saturated carbocycles. The van der Waals surface area contributed by atoms with Crippen molar-refractivity contribution in [2.45, 2.75) is 39.2 Å². The summed E-state index contributed by atoms with van der Waals surface area (Å²) in [6.45, 7) is 9.64. The van der Waals surface area contributed by atoms with Crippen LogP contribution in [-0.2, 0) is 8.85 Å². The zero-order chi connectivity index (χ0) is 9.94. The molecule has 3 heteroatoms. The van der Waals surface area contributed by atoms with Gasteiger partial charge in [0.15, 0.2) is 0 Å². The van der Waals surface area contributed by atoms with Crippen molar-refractivity contribution in [3.8, 4) is 0 Å². The van der Waals surface area contributed by atoms with Gasteiger partial charge in [-0.05, 0) is 25.3 Å². The Morgan fingerprint density at radius 3 is 2.08 bits per heavy atom. The van der Waals surface area contributed by atoms with Gasteiger partial charge >= 0.3 is 9.28 Å². The Hall–Kier alpha value is -0.123. The van der Waals surface area contributed by atoms with Crippen LogP contribution in [0.25, 0.3) is 0 Å². The molecule has 0 heterocycles. The van der Waals surface area contributed by atoms with Gasteiger partial charge < -0.3 is 8.85 Å². The van der Waals surface area contributed by atoms with Gasteiger partial charge in [0.2, 0.25) is 0 Å². The number of rotatable bonds is 9. The summed E-state index contributed by atoms with van der Waals surface area (Å²) in [5, 5.41) is 0. The topological polar surface area (TPSA) is 18.5 Å². The Balaban J connectivity index is 3.52. The number of hydrogen-bond donors (Lipinski definition) is 0. The quantitative estimate of drug-likeness (QED) is 0.423. The van der Waals surface area contributed by atoms with Crippen LogP contribution in [0.1, 0.15) is 33.1 Å². The van der Waals surface area contributed by atoms with E-state index in [1.165, 1.54) is 0 Å². The van der Waals surface area contributed by atoms with E-state index in [0.717, 1.165) is 38.5 Å². The minimum absolute atomic E-state index is 0.845. The Labute approximate surface area is 83.8 Å². The SMILES string of the molecule is C=CCC[SiH](OCCC)OCCC. The van der Waals surface area contributed by atoms with E-state index in [9.17, 15) is 0 Å². The van der Waals surface area contributed by atoms with E-state index in [-0.39, 0.29) is 0 Å². The van der Waals surface area contributed by atoms with Crippen molar-refractivity contribution in [2.75, 3.05) is 13.2 Å². The van der Waals surface area contributed by atoms with Gasteiger partial charge in [0, 0.05) is 13.2 Å². The Bertz CT molecular complexity index is 109. The zero-order valence-corrected chi connectivity index (χ0v) is 10.1. The standard InChI is InChI=1S/C10H22O2Si/c1-4-7-10-13(11-8-5-2)12-9-6-3/h4,13H,1,5-10H2,2-3H3. The van der Waals surface area contributed by atoms with Crippen LogP contribution >= 0.6 is 0 Å². The molecule has 0 rings (SSSR count). The maximum absolute atomic E-state index is 5.66. The van der Waals surface area contributed by atoms with Crippen molar-refractivity contribution in [3.05, 3.63) is 12.7 Å². The second-order valence-electron chi connectivity index (χ2n) is 3.04. The first-order valence-corrected chi connectivity index (χ1v) is 6.95. The summed E-state index contributed by atoms with van der Waals surface area (Å²) in [6.07, 6.45) is 5.11. The van der Waals surface area contributed by atoms with Crippen molar-refractivity contribution in [2.24, 2.45) is 0 Å². The van der Waals surface area contributed by atoms with E-state index in [0.29, 0.717) is 0 Å². The molecule has 0 atom stereocenters. The highest BCUT2D eigenvalue weighted by molar-refractivity contribution is 6.44. The van der Waals surface area contributed by atoms with Crippen molar-refractivity contribution in [3.63, 3.8) is 0 Å². The Morgan fingerprint density at radius 1 is 1.15 bits per heavy atom. The van der Waals surface area contributed by atoms with Crippen LogP contribution < -0.4 is 0 Å². The average Bonchev–Trinajstić information content (AvgIpc) is 2.17. The van der Waals surface area contributed by atoms with Gasteiger partial charge in [-0.25, -0.2) is 0 Å². The summed E-state index contributed by atoms with van der Waals surface area (Å²) < 4.78 is 11.3. The molecule has 0 fully saturated rings. The highest BCUT2D eigenvalue weighted by atomic mass is 28.3. The summed E-state index contributed by atoms with van der Waals surface area (Å²) in [4.78, 5) is 0. The van der Waals surface area contributed by atoms with Crippen LogP contribution in [0.3, 0.4) is 0 Å². The molecule has 13 heavy (non-hydrogen) atoms. The van der Waals surface area contributed by atoms with E-state index in [2.05, 4.69) is 20.4 Å². The first-order valence-electron chi connectivity index (χ1n) is 5.19. The van der Waals surface area contributed by atoms with Gasteiger partial charge in [-0.1, -0.05) is 19.9 Å². The molecule has 2 nitrogen and oxygen atoms in total. The molecule has 0 saturated heterocycles. The molecule has 78 valence electrons. The molecule has 0 aliphatic carbocycles. The van der Waals surface area contributed by atoms with Gasteiger partial charge in [0.25, 0.3) is 0 Å². The van der Waals surface area contributed by atoms with E-state index in [1.807, 2.05) is 6.08 Å². The predicted molar refractivity (Wildman–Crippen MR) is 59.3 cm³/mol. The van der Waals surface area contributed by atoms with Gasteiger partial charge in [0.1, 0.15) is 0 Å². The molecule has 0 aliphatic rings. The Morgan fingerprint density at radius 2 is 1.69 bits per heavy atom. The third-order valence-corrected chi connectivity index (χ3v) is 3.64. The smallest absolute Gasteiger partial charge is 0.321 e. The maximum Gasteiger partial charge on any atom is 0.321 e. The first kappa shape index (κ1) is 12.9. The maximum atomic E-state index is 5.66. The van der Waals surface area contributed by atoms with E-state index >= 15 is 0 Å². The molecule has 0 bridgehead atoms. The second kappa shape index (κ2) is 9.96. The van der Waals surface area contributed by atoms with Crippen molar-refractivity contribution >= 4 is 9.28 Å². The largest absolute Gasteiger partial charge is 0.397 e. The van der Waals surface area contributed by atoms with Gasteiger partial charge in [0.05, 0.1) is 0 Å². The third kappa shape index (κ3) is 8.21. The van der Waals surface area contributed by atoms with E-state index < -0.39 is 9.28 Å². The van der Waals surface area contributed by atoms with Crippen LogP contribution in [0, 0.1) is 0 Å². The summed E-state index contributed by atoms with van der Waals surface area (Å²) in [6, 6.07) is 1.06. The zero-order valence-electron chi connectivity index (χ0n) is 8.92. The molecule has 0 aromatic heterocycles. The molecule has 0 N–H and O–H groups in total. The molecule has 0 spiro atoms. The molecule has 0 aliphatic heterocycles. The third-order valence-electron chi connectivity index (χ3n) is 1.62. The van der Waals surface area contributed by atoms with Crippen molar-refractivity contribution < 1.29 is 8.85 Å². The highest BCUT2D eigenvalue weighted by Gasteiger charge is 2.10. The average molecular weight is 202 g/mol. The predicted octanol–water partition coefficient (Wildman–Crippen LogP) is 2.64. The first-order chi connectivity index (χ1) is 6.35. The molecule has 0 aromatic carbocycles. The fourth-order valence-electron chi connectivity index (χ4n) is 0.967. The lowest BCUT2D eigenvalue weighted by atomic mass is 10.5. The summed E-state index contributed by atoms with van der Waals surface area (Å²) >= 11 is 0. The normalized spacial score (nSPS) is 10.7. The molecule has 0 aromatic rings. The fourth-order valence-corrected chi connectivity index (χ4v) is 2.90. The number of allylic oxidation sites excluding steroid dienone is 1. The lowest BCUT2D eigenvalue weighted by Crippen LogP contribution is -2.23. The van der Waals surface area contributed by atoms with Crippen LogP contribution in [0.4, 0.5) is 0 Å². The monoisotopic (exact) mass is 202 g/mol. The highest BCUT2D eigenvalue weighted by Crippen LogP contribution is 2.03. The summed E-state index contributed by atoms with van der Waals surface area (Å²) in [5.41, 5.74) is 0. The second-order valence-corrected chi connectivity index (χ2v) is 5.14. The summed E-state index contributed by atoms with van der Waals surface area (Å²) in [7, 11) is -1.36. The minimum Gasteiger partial charge on any atom is -0.397 e. The summed E-state index contributed by atoms with van der Waals surface area (Å²) in [5.74, 6) is 0. The lowest BCUT2D eigenvalue weighted by Gasteiger charge is -2.14. The molecule has 0 amide bonds. The fraction of sp³-hybridized carbons (Fsp3) is 0.800. The molecule has 0 unspecified atom stereocenters.